The number of carbonyl (C=O) groups excluding carboxylic acids is 1. The molecule has 0 aromatic carbocycles. The number of pyridine rings is 1. The molecule has 0 spiro atoms. The average Bonchev–Trinajstić information content (AvgIpc) is 2.61. The van der Waals surface area contributed by atoms with Crippen molar-refractivity contribution < 1.29 is 13.2 Å². The van der Waals surface area contributed by atoms with Gasteiger partial charge in [0.15, 0.2) is 5.16 Å². The highest BCUT2D eigenvalue weighted by Gasteiger charge is 2.27. The van der Waals surface area contributed by atoms with Crippen LogP contribution in [0.3, 0.4) is 0 Å². The van der Waals surface area contributed by atoms with E-state index in [1.807, 2.05) is 0 Å². The van der Waals surface area contributed by atoms with Crippen molar-refractivity contribution in [2.45, 2.75) is 10.1 Å². The number of hydrogen-bond donors (Lipinski definition) is 0. The fourth-order valence-electron chi connectivity index (χ4n) is 2.42. The van der Waals surface area contributed by atoms with Crippen LogP contribution in [0.4, 0.5) is 0 Å². The summed E-state index contributed by atoms with van der Waals surface area (Å²) < 4.78 is 24.5. The molecule has 3 rings (SSSR count). The SMILES string of the molecule is CS(=O)(=O)N1CCN(C(=O)c2cc(Sc3ncccn3)ccn2)CC1. The van der Waals surface area contributed by atoms with Gasteiger partial charge < -0.3 is 4.90 Å². The molecule has 0 atom stereocenters. The monoisotopic (exact) mass is 379 g/mol. The van der Waals surface area contributed by atoms with Gasteiger partial charge in [-0.15, -0.1) is 0 Å². The minimum Gasteiger partial charge on any atom is -0.335 e. The fraction of sp³-hybridized carbons (Fsp3) is 0.333. The second-order valence-corrected chi connectivity index (χ2v) is 8.49. The Labute approximate surface area is 150 Å². The smallest absolute Gasteiger partial charge is 0.272 e. The van der Waals surface area contributed by atoms with Gasteiger partial charge in [0.1, 0.15) is 5.69 Å². The Hall–Kier alpha value is -2.04. The molecule has 1 amide bonds. The minimum absolute atomic E-state index is 0.204. The lowest BCUT2D eigenvalue weighted by atomic mass is 10.3. The van der Waals surface area contributed by atoms with Crippen molar-refractivity contribution in [2.75, 3.05) is 32.4 Å². The van der Waals surface area contributed by atoms with E-state index in [2.05, 4.69) is 15.0 Å². The molecule has 25 heavy (non-hydrogen) atoms. The normalized spacial score (nSPS) is 16.0. The van der Waals surface area contributed by atoms with Crippen LogP contribution in [0.1, 0.15) is 10.5 Å². The van der Waals surface area contributed by atoms with Crippen LogP contribution in [0.25, 0.3) is 0 Å². The highest BCUT2D eigenvalue weighted by atomic mass is 32.2. The molecular formula is C15H17N5O3S2. The quantitative estimate of drug-likeness (QED) is 0.723. The van der Waals surface area contributed by atoms with Crippen LogP contribution in [-0.4, -0.2) is 70.9 Å². The number of aromatic nitrogens is 3. The van der Waals surface area contributed by atoms with E-state index in [4.69, 9.17) is 0 Å². The number of piperazine rings is 1. The third kappa shape index (κ3) is 4.53. The van der Waals surface area contributed by atoms with Crippen LogP contribution in [0.5, 0.6) is 0 Å². The van der Waals surface area contributed by atoms with Crippen LogP contribution < -0.4 is 0 Å². The van der Waals surface area contributed by atoms with Gasteiger partial charge in [-0.2, -0.15) is 4.31 Å². The summed E-state index contributed by atoms with van der Waals surface area (Å²) in [6.45, 7) is 1.31. The Kier molecular flexibility index (Phi) is 5.30. The highest BCUT2D eigenvalue weighted by Crippen LogP contribution is 2.24. The molecule has 1 fully saturated rings. The first-order valence-electron chi connectivity index (χ1n) is 7.59. The van der Waals surface area contributed by atoms with Crippen molar-refractivity contribution in [1.82, 2.24) is 24.2 Å². The zero-order valence-electron chi connectivity index (χ0n) is 13.6. The summed E-state index contributed by atoms with van der Waals surface area (Å²) in [6, 6.07) is 5.23. The van der Waals surface area contributed by atoms with Crippen molar-refractivity contribution in [3.63, 3.8) is 0 Å². The first kappa shape index (κ1) is 17.8. The Morgan fingerprint density at radius 3 is 2.40 bits per heavy atom. The van der Waals surface area contributed by atoms with E-state index >= 15 is 0 Å². The largest absolute Gasteiger partial charge is 0.335 e. The number of rotatable bonds is 4. The highest BCUT2D eigenvalue weighted by molar-refractivity contribution is 7.99. The Balaban J connectivity index is 1.68. The third-order valence-electron chi connectivity index (χ3n) is 3.70. The average molecular weight is 379 g/mol. The second kappa shape index (κ2) is 7.46. The number of carbonyl (C=O) groups is 1. The molecule has 3 heterocycles. The zero-order valence-corrected chi connectivity index (χ0v) is 15.2. The lowest BCUT2D eigenvalue weighted by molar-refractivity contribution is 0.0692. The summed E-state index contributed by atoms with van der Waals surface area (Å²) in [5, 5.41) is 0.592. The predicted octanol–water partition coefficient (Wildman–Crippen LogP) is 0.740. The molecule has 0 aliphatic carbocycles. The molecule has 0 bridgehead atoms. The summed E-state index contributed by atoms with van der Waals surface area (Å²) in [4.78, 5) is 27.5. The summed E-state index contributed by atoms with van der Waals surface area (Å²) in [7, 11) is -3.22. The molecule has 2 aromatic heterocycles. The molecule has 1 aliphatic heterocycles. The summed E-state index contributed by atoms with van der Waals surface area (Å²) >= 11 is 1.35. The van der Waals surface area contributed by atoms with Gasteiger partial charge in [-0.05, 0) is 30.0 Å². The van der Waals surface area contributed by atoms with Gasteiger partial charge in [-0.25, -0.2) is 18.4 Å². The van der Waals surface area contributed by atoms with Gasteiger partial charge in [0.2, 0.25) is 10.0 Å². The number of sulfonamides is 1. The van der Waals surface area contributed by atoms with Crippen molar-refractivity contribution in [2.24, 2.45) is 0 Å². The summed E-state index contributed by atoms with van der Waals surface area (Å²) in [6.07, 6.45) is 6.07. The zero-order chi connectivity index (χ0) is 17.9. The van der Waals surface area contributed by atoms with E-state index < -0.39 is 10.0 Å². The number of hydrogen-bond acceptors (Lipinski definition) is 7. The molecule has 1 aliphatic rings. The Bertz CT molecular complexity index is 852. The molecule has 0 unspecified atom stereocenters. The van der Waals surface area contributed by atoms with Gasteiger partial charge in [-0.1, -0.05) is 0 Å². The molecule has 8 nitrogen and oxygen atoms in total. The molecule has 0 radical (unpaired) electrons. The lowest BCUT2D eigenvalue weighted by Gasteiger charge is -2.33. The molecule has 0 N–H and O–H groups in total. The van der Waals surface area contributed by atoms with Gasteiger partial charge in [0.05, 0.1) is 6.26 Å². The third-order valence-corrected chi connectivity index (χ3v) is 5.88. The van der Waals surface area contributed by atoms with Crippen LogP contribution in [0, 0.1) is 0 Å². The van der Waals surface area contributed by atoms with Crippen molar-refractivity contribution in [1.29, 1.82) is 0 Å². The Morgan fingerprint density at radius 2 is 1.76 bits per heavy atom. The summed E-state index contributed by atoms with van der Waals surface area (Å²) in [5.41, 5.74) is 0.328. The number of amides is 1. The summed E-state index contributed by atoms with van der Waals surface area (Å²) in [5.74, 6) is -0.204. The first-order chi connectivity index (χ1) is 11.9. The van der Waals surface area contributed by atoms with Gasteiger partial charge in [-0.3, -0.25) is 9.78 Å². The van der Waals surface area contributed by atoms with E-state index in [1.165, 1.54) is 22.3 Å². The van der Waals surface area contributed by atoms with E-state index in [1.54, 1.807) is 41.7 Å². The lowest BCUT2D eigenvalue weighted by Crippen LogP contribution is -2.50. The molecule has 132 valence electrons. The minimum atomic E-state index is -3.22. The molecule has 1 saturated heterocycles. The molecule has 0 saturated carbocycles. The number of nitrogens with zero attached hydrogens (tertiary/aromatic N) is 5. The van der Waals surface area contributed by atoms with Crippen LogP contribution in [0.2, 0.25) is 0 Å². The molecular weight excluding hydrogens is 362 g/mol. The van der Waals surface area contributed by atoms with Gasteiger partial charge >= 0.3 is 0 Å². The van der Waals surface area contributed by atoms with Crippen LogP contribution in [-0.2, 0) is 10.0 Å². The van der Waals surface area contributed by atoms with E-state index in [-0.39, 0.29) is 5.91 Å². The van der Waals surface area contributed by atoms with Crippen molar-refractivity contribution in [3.05, 3.63) is 42.5 Å². The van der Waals surface area contributed by atoms with Crippen molar-refractivity contribution in [3.8, 4) is 0 Å². The van der Waals surface area contributed by atoms with Gasteiger partial charge in [0, 0.05) is 49.7 Å². The van der Waals surface area contributed by atoms with Crippen LogP contribution >= 0.6 is 11.8 Å². The fourth-order valence-corrected chi connectivity index (χ4v) is 3.98. The topological polar surface area (TPSA) is 96.4 Å². The Morgan fingerprint density at radius 1 is 1.08 bits per heavy atom. The molecule has 2 aromatic rings. The standard InChI is InChI=1S/C15H17N5O3S2/c1-25(22,23)20-9-7-19(8-10-20)14(21)13-11-12(3-6-16-13)24-15-17-4-2-5-18-15/h2-6,11H,7-10H2,1H3. The van der Waals surface area contributed by atoms with E-state index in [9.17, 15) is 13.2 Å². The maximum Gasteiger partial charge on any atom is 0.272 e. The second-order valence-electron chi connectivity index (χ2n) is 5.46. The predicted molar refractivity (Wildman–Crippen MR) is 92.7 cm³/mol. The molecule has 10 heteroatoms. The maximum absolute atomic E-state index is 12.6. The van der Waals surface area contributed by atoms with Crippen LogP contribution in [0.15, 0.2) is 46.8 Å². The first-order valence-corrected chi connectivity index (χ1v) is 10.3. The van der Waals surface area contributed by atoms with Crippen molar-refractivity contribution >= 4 is 27.7 Å². The van der Waals surface area contributed by atoms with Gasteiger partial charge in [0.25, 0.3) is 5.91 Å². The van der Waals surface area contributed by atoms with E-state index in [0.29, 0.717) is 37.0 Å². The van der Waals surface area contributed by atoms with E-state index in [0.717, 1.165) is 4.90 Å². The maximum atomic E-state index is 12.6.